The number of ether oxygens (including phenoxy) is 2. The molecule has 15 heavy (non-hydrogen) atoms. The summed E-state index contributed by atoms with van der Waals surface area (Å²) in [7, 11) is 0. The second kappa shape index (κ2) is 3.62. The highest BCUT2D eigenvalue weighted by atomic mass is 16.8. The molecule has 1 aliphatic heterocycles. The fraction of sp³-hybridized carbons (Fsp3) is 0.538. The lowest BCUT2D eigenvalue weighted by Gasteiger charge is -2.17. The van der Waals surface area contributed by atoms with Crippen molar-refractivity contribution in [2.24, 2.45) is 0 Å². The van der Waals surface area contributed by atoms with Gasteiger partial charge in [0.05, 0.1) is 6.61 Å². The quantitative estimate of drug-likeness (QED) is 0.706. The highest BCUT2D eigenvalue weighted by Gasteiger charge is 2.58. The molecule has 1 unspecified atom stereocenters. The molecule has 0 radical (unpaired) electrons. The molecule has 0 spiro atoms. The lowest BCUT2D eigenvalue weighted by Crippen LogP contribution is -2.22. The number of hydrogen-bond acceptors (Lipinski definition) is 2. The van der Waals surface area contributed by atoms with Gasteiger partial charge in [-0.2, -0.15) is 0 Å². The van der Waals surface area contributed by atoms with Crippen molar-refractivity contribution in [3.8, 4) is 0 Å². The maximum Gasteiger partial charge on any atom is 0.195 e. The number of hydrogen-bond donors (Lipinski definition) is 0. The van der Waals surface area contributed by atoms with Crippen molar-refractivity contribution in [1.82, 2.24) is 0 Å². The summed E-state index contributed by atoms with van der Waals surface area (Å²) in [6.45, 7) is 0.678. The normalized spacial score (nSPS) is 33.5. The topological polar surface area (TPSA) is 21.8 Å². The molecule has 1 aromatic rings. The third kappa shape index (κ3) is 1.80. The lowest BCUT2D eigenvalue weighted by molar-refractivity contribution is -0.0626. The smallest absolute Gasteiger partial charge is 0.195 e. The molecular weight excluding hydrogens is 188 g/mol. The summed E-state index contributed by atoms with van der Waals surface area (Å²) in [6, 6.07) is 10.3. The van der Waals surface area contributed by atoms with Gasteiger partial charge in [0.25, 0.3) is 0 Å². The van der Waals surface area contributed by atoms with E-state index in [0.29, 0.717) is 12.7 Å². The Kier molecular flexibility index (Phi) is 2.26. The minimum absolute atomic E-state index is 0.200. The zero-order valence-electron chi connectivity index (χ0n) is 8.82. The molecule has 3 rings (SSSR count). The van der Waals surface area contributed by atoms with Crippen LogP contribution < -0.4 is 0 Å². The fourth-order valence-corrected chi connectivity index (χ4v) is 2.39. The highest BCUT2D eigenvalue weighted by molar-refractivity contribution is 5.14. The number of rotatable bonds is 3. The Hall–Kier alpha value is -0.860. The molecule has 1 saturated heterocycles. The minimum Gasteiger partial charge on any atom is -0.343 e. The predicted octanol–water partition coefficient (Wildman–Crippen LogP) is 2.87. The van der Waals surface area contributed by atoms with E-state index in [9.17, 15) is 0 Å². The molecule has 0 amide bonds. The number of fused-ring (bicyclic) bond motifs is 1. The van der Waals surface area contributed by atoms with Crippen LogP contribution in [0.5, 0.6) is 0 Å². The molecule has 2 nitrogen and oxygen atoms in total. The van der Waals surface area contributed by atoms with Gasteiger partial charge in [0.15, 0.2) is 5.79 Å². The van der Waals surface area contributed by atoms with Gasteiger partial charge < -0.3 is 9.47 Å². The molecule has 2 fully saturated rings. The van der Waals surface area contributed by atoms with Gasteiger partial charge >= 0.3 is 0 Å². The SMILES string of the molecule is c1ccc(CO[C@]23CCCCC2O3)cc1. The Bertz CT molecular complexity index is 336. The molecule has 0 N–H and O–H groups in total. The Morgan fingerprint density at radius 1 is 1.27 bits per heavy atom. The average Bonchev–Trinajstić information content (AvgIpc) is 3.03. The molecule has 80 valence electrons. The Balaban J connectivity index is 1.59. The van der Waals surface area contributed by atoms with Crippen LogP contribution in [-0.4, -0.2) is 11.9 Å². The first-order valence-corrected chi connectivity index (χ1v) is 5.75. The Labute approximate surface area is 90.2 Å². The van der Waals surface area contributed by atoms with Gasteiger partial charge in [-0.3, -0.25) is 0 Å². The van der Waals surface area contributed by atoms with Crippen LogP contribution >= 0.6 is 0 Å². The summed E-state index contributed by atoms with van der Waals surface area (Å²) in [5, 5.41) is 0. The van der Waals surface area contributed by atoms with Crippen LogP contribution in [0.2, 0.25) is 0 Å². The third-order valence-electron chi connectivity index (χ3n) is 3.34. The molecule has 2 heteroatoms. The minimum atomic E-state index is -0.200. The van der Waals surface area contributed by atoms with Gasteiger partial charge in [0.2, 0.25) is 0 Å². The van der Waals surface area contributed by atoms with E-state index in [1.54, 1.807) is 0 Å². The summed E-state index contributed by atoms with van der Waals surface area (Å²) in [4.78, 5) is 0. The molecule has 1 aliphatic carbocycles. The van der Waals surface area contributed by atoms with Crippen LogP contribution in [0.3, 0.4) is 0 Å². The van der Waals surface area contributed by atoms with Crippen LogP contribution in [0.1, 0.15) is 31.2 Å². The standard InChI is InChI=1S/C13H16O2/c1-2-6-11(7-3-1)10-14-13-9-5-4-8-12(13)15-13/h1-3,6-7,12H,4-5,8-10H2/t12?,13-/m0/s1. The van der Waals surface area contributed by atoms with E-state index in [1.165, 1.54) is 24.8 Å². The zero-order valence-corrected chi connectivity index (χ0v) is 8.82. The first kappa shape index (κ1) is 9.37. The molecule has 0 aromatic heterocycles. The zero-order chi connectivity index (χ0) is 10.1. The summed E-state index contributed by atoms with van der Waals surface area (Å²) in [5.41, 5.74) is 1.23. The molecule has 1 saturated carbocycles. The van der Waals surface area contributed by atoms with E-state index in [-0.39, 0.29) is 5.79 Å². The largest absolute Gasteiger partial charge is 0.343 e. The van der Waals surface area contributed by atoms with E-state index in [2.05, 4.69) is 12.1 Å². The van der Waals surface area contributed by atoms with Crippen molar-refractivity contribution in [3.05, 3.63) is 35.9 Å². The monoisotopic (exact) mass is 204 g/mol. The average molecular weight is 204 g/mol. The lowest BCUT2D eigenvalue weighted by atomic mass is 9.98. The second-order valence-corrected chi connectivity index (χ2v) is 4.44. The first-order chi connectivity index (χ1) is 7.39. The molecule has 1 heterocycles. The maximum absolute atomic E-state index is 5.91. The number of epoxide rings is 1. The second-order valence-electron chi connectivity index (χ2n) is 4.44. The predicted molar refractivity (Wildman–Crippen MR) is 57.3 cm³/mol. The van der Waals surface area contributed by atoms with Gasteiger partial charge in [-0.15, -0.1) is 0 Å². The van der Waals surface area contributed by atoms with Crippen LogP contribution in [0.15, 0.2) is 30.3 Å². The van der Waals surface area contributed by atoms with Gasteiger partial charge in [-0.1, -0.05) is 36.8 Å². The highest BCUT2D eigenvalue weighted by Crippen LogP contribution is 2.48. The van der Waals surface area contributed by atoms with Gasteiger partial charge in [-0.05, 0) is 18.4 Å². The van der Waals surface area contributed by atoms with E-state index in [0.717, 1.165) is 6.42 Å². The van der Waals surface area contributed by atoms with Crippen LogP contribution in [-0.2, 0) is 16.1 Å². The van der Waals surface area contributed by atoms with Crippen LogP contribution in [0.4, 0.5) is 0 Å². The Morgan fingerprint density at radius 3 is 2.93 bits per heavy atom. The van der Waals surface area contributed by atoms with Crippen molar-refractivity contribution in [1.29, 1.82) is 0 Å². The fourth-order valence-electron chi connectivity index (χ4n) is 2.39. The van der Waals surface area contributed by atoms with Gasteiger partial charge in [-0.25, -0.2) is 0 Å². The van der Waals surface area contributed by atoms with Crippen LogP contribution in [0, 0.1) is 0 Å². The Morgan fingerprint density at radius 2 is 2.13 bits per heavy atom. The van der Waals surface area contributed by atoms with Crippen LogP contribution in [0.25, 0.3) is 0 Å². The van der Waals surface area contributed by atoms with Crippen molar-refractivity contribution >= 4 is 0 Å². The van der Waals surface area contributed by atoms with Crippen molar-refractivity contribution in [2.45, 2.75) is 44.2 Å². The third-order valence-corrected chi connectivity index (χ3v) is 3.34. The van der Waals surface area contributed by atoms with Crippen molar-refractivity contribution < 1.29 is 9.47 Å². The van der Waals surface area contributed by atoms with E-state index in [4.69, 9.17) is 9.47 Å². The first-order valence-electron chi connectivity index (χ1n) is 5.75. The molecule has 0 bridgehead atoms. The summed E-state index contributed by atoms with van der Waals surface area (Å²) < 4.78 is 11.6. The molecule has 2 atom stereocenters. The molecular formula is C13H16O2. The van der Waals surface area contributed by atoms with E-state index >= 15 is 0 Å². The summed E-state index contributed by atoms with van der Waals surface area (Å²) >= 11 is 0. The summed E-state index contributed by atoms with van der Waals surface area (Å²) in [6.07, 6.45) is 5.17. The van der Waals surface area contributed by atoms with Gasteiger partial charge in [0, 0.05) is 6.42 Å². The maximum atomic E-state index is 5.91. The van der Waals surface area contributed by atoms with E-state index in [1.807, 2.05) is 18.2 Å². The van der Waals surface area contributed by atoms with Crippen molar-refractivity contribution in [3.63, 3.8) is 0 Å². The van der Waals surface area contributed by atoms with Gasteiger partial charge in [0.1, 0.15) is 6.10 Å². The van der Waals surface area contributed by atoms with E-state index < -0.39 is 0 Å². The molecule has 2 aliphatic rings. The summed E-state index contributed by atoms with van der Waals surface area (Å²) in [5.74, 6) is -0.200. The van der Waals surface area contributed by atoms with Crippen molar-refractivity contribution in [2.75, 3.05) is 0 Å². The molecule has 1 aromatic carbocycles. The number of benzene rings is 1.